The molecule has 150 valence electrons. The minimum Gasteiger partial charge on any atom is -0.451 e. The van der Waals surface area contributed by atoms with Crippen molar-refractivity contribution in [3.8, 4) is 0 Å². The molecule has 0 bridgehead atoms. The van der Waals surface area contributed by atoms with Gasteiger partial charge in [0, 0.05) is 11.9 Å². The molecule has 0 aliphatic rings. The van der Waals surface area contributed by atoms with Gasteiger partial charge < -0.3 is 15.8 Å². The predicted molar refractivity (Wildman–Crippen MR) is 108 cm³/mol. The van der Waals surface area contributed by atoms with Crippen molar-refractivity contribution in [1.29, 1.82) is 0 Å². The zero-order chi connectivity index (χ0) is 21.0. The van der Waals surface area contributed by atoms with E-state index in [4.69, 9.17) is 10.5 Å². The maximum Gasteiger partial charge on any atom is 0.359 e. The van der Waals surface area contributed by atoms with Crippen molar-refractivity contribution in [2.45, 2.75) is 19.9 Å². The Kier molecular flexibility index (Phi) is 6.03. The molecule has 2 amide bonds. The van der Waals surface area contributed by atoms with Gasteiger partial charge in [0.15, 0.2) is 12.3 Å². The summed E-state index contributed by atoms with van der Waals surface area (Å²) in [6.07, 6.45) is 0.658. The number of rotatable bonds is 7. The van der Waals surface area contributed by atoms with Crippen molar-refractivity contribution in [2.24, 2.45) is 5.73 Å². The van der Waals surface area contributed by atoms with Gasteiger partial charge in [0.05, 0.1) is 10.9 Å². The first-order valence-electron chi connectivity index (χ1n) is 8.76. The van der Waals surface area contributed by atoms with E-state index in [1.54, 1.807) is 29.6 Å². The topological polar surface area (TPSA) is 133 Å². The Morgan fingerprint density at radius 1 is 1.21 bits per heavy atom. The Morgan fingerprint density at radius 3 is 2.62 bits per heavy atom. The summed E-state index contributed by atoms with van der Waals surface area (Å²) < 4.78 is 6.29. The molecular weight excluding hydrogens is 396 g/mol. The molecule has 3 aromatic rings. The lowest BCUT2D eigenvalue weighted by molar-refractivity contribution is -0.119. The Balaban J connectivity index is 1.78. The second kappa shape index (κ2) is 8.65. The summed E-state index contributed by atoms with van der Waals surface area (Å²) in [6.45, 7) is 1.65. The highest BCUT2D eigenvalue weighted by Gasteiger charge is 2.19. The van der Waals surface area contributed by atoms with Gasteiger partial charge in [0.1, 0.15) is 5.00 Å². The number of anilines is 1. The van der Waals surface area contributed by atoms with Crippen LogP contribution in [-0.2, 0) is 16.1 Å². The molecule has 2 aromatic heterocycles. The van der Waals surface area contributed by atoms with Crippen molar-refractivity contribution in [3.05, 3.63) is 57.3 Å². The van der Waals surface area contributed by atoms with E-state index < -0.39 is 24.4 Å². The number of nitrogens with one attached hydrogen (secondary N) is 1. The van der Waals surface area contributed by atoms with E-state index in [1.807, 2.05) is 6.92 Å². The highest BCUT2D eigenvalue weighted by Crippen LogP contribution is 2.22. The van der Waals surface area contributed by atoms with Crippen LogP contribution in [0.5, 0.6) is 0 Å². The number of aromatic nitrogens is 2. The number of carbonyl (C=O) groups excluding carboxylic acids is 3. The van der Waals surface area contributed by atoms with E-state index in [0.29, 0.717) is 23.7 Å². The fourth-order valence-corrected chi connectivity index (χ4v) is 3.52. The van der Waals surface area contributed by atoms with E-state index in [2.05, 4.69) is 10.4 Å². The van der Waals surface area contributed by atoms with Gasteiger partial charge in [0.2, 0.25) is 0 Å². The van der Waals surface area contributed by atoms with Gasteiger partial charge in [-0.25, -0.2) is 9.48 Å². The molecule has 0 fully saturated rings. The van der Waals surface area contributed by atoms with E-state index in [9.17, 15) is 19.2 Å². The molecule has 9 nitrogen and oxygen atoms in total. The summed E-state index contributed by atoms with van der Waals surface area (Å²) in [6, 6.07) is 8.07. The summed E-state index contributed by atoms with van der Waals surface area (Å²) in [5.41, 5.74) is 5.06. The molecule has 0 saturated heterocycles. The van der Waals surface area contributed by atoms with Crippen LogP contribution in [0.1, 0.15) is 34.2 Å². The van der Waals surface area contributed by atoms with Crippen molar-refractivity contribution >= 4 is 44.9 Å². The lowest BCUT2D eigenvalue weighted by Crippen LogP contribution is -2.27. The van der Waals surface area contributed by atoms with Crippen LogP contribution < -0.4 is 16.6 Å². The second-order valence-electron chi connectivity index (χ2n) is 6.07. The summed E-state index contributed by atoms with van der Waals surface area (Å²) in [5, 5.41) is 9.18. The van der Waals surface area contributed by atoms with Gasteiger partial charge in [-0.15, -0.1) is 11.3 Å². The Hall–Kier alpha value is -3.53. The fourth-order valence-electron chi connectivity index (χ4n) is 2.71. The number of hydrogen-bond acceptors (Lipinski definition) is 7. The van der Waals surface area contributed by atoms with Crippen molar-refractivity contribution in [1.82, 2.24) is 9.78 Å². The number of benzene rings is 1. The van der Waals surface area contributed by atoms with Crippen molar-refractivity contribution in [2.75, 3.05) is 11.9 Å². The van der Waals surface area contributed by atoms with Gasteiger partial charge in [-0.05, 0) is 23.9 Å². The molecule has 0 atom stereocenters. The summed E-state index contributed by atoms with van der Waals surface area (Å²) in [7, 11) is 0. The molecule has 0 spiro atoms. The fraction of sp³-hybridized carbons (Fsp3) is 0.211. The first kappa shape index (κ1) is 20.2. The van der Waals surface area contributed by atoms with Gasteiger partial charge in [0.25, 0.3) is 17.4 Å². The number of primary amides is 1. The van der Waals surface area contributed by atoms with E-state index in [-0.39, 0.29) is 21.8 Å². The van der Waals surface area contributed by atoms with Crippen LogP contribution in [0.15, 0.2) is 40.5 Å². The van der Waals surface area contributed by atoms with Gasteiger partial charge in [-0.2, -0.15) is 5.10 Å². The minimum atomic E-state index is -0.831. The summed E-state index contributed by atoms with van der Waals surface area (Å²) in [5.74, 6) is -2.13. The molecule has 2 heterocycles. The number of carbonyl (C=O) groups is 3. The van der Waals surface area contributed by atoms with Gasteiger partial charge >= 0.3 is 5.97 Å². The molecule has 1 aromatic carbocycles. The van der Waals surface area contributed by atoms with Gasteiger partial charge in [-0.3, -0.25) is 14.4 Å². The molecule has 3 N–H and O–H groups in total. The van der Waals surface area contributed by atoms with Crippen LogP contribution >= 0.6 is 11.3 Å². The van der Waals surface area contributed by atoms with Crippen LogP contribution in [0.3, 0.4) is 0 Å². The summed E-state index contributed by atoms with van der Waals surface area (Å²) >= 11 is 1.12. The second-order valence-corrected chi connectivity index (χ2v) is 6.99. The maximum absolute atomic E-state index is 12.6. The molecule has 0 aliphatic carbocycles. The highest BCUT2D eigenvalue weighted by molar-refractivity contribution is 7.14. The zero-order valence-electron chi connectivity index (χ0n) is 15.5. The molecular formula is C19H18N4O5S. The standard InChI is InChI=1S/C19H18N4O5S/c1-2-8-23-18(26)12-6-4-3-5-11(12)15(22-23)19(27)28-10-14(24)21-17-13(16(20)25)7-9-29-17/h3-7,9H,2,8,10H2,1H3,(H2,20,25)(H,21,24). The number of aryl methyl sites for hydroxylation is 1. The summed E-state index contributed by atoms with van der Waals surface area (Å²) in [4.78, 5) is 48.4. The van der Waals surface area contributed by atoms with E-state index >= 15 is 0 Å². The third-order valence-corrected chi connectivity index (χ3v) is 4.84. The zero-order valence-corrected chi connectivity index (χ0v) is 16.3. The number of esters is 1. The monoisotopic (exact) mass is 414 g/mol. The van der Waals surface area contributed by atoms with E-state index in [1.165, 1.54) is 10.7 Å². The lowest BCUT2D eigenvalue weighted by Gasteiger charge is -2.10. The van der Waals surface area contributed by atoms with Crippen LogP contribution in [0, 0.1) is 0 Å². The minimum absolute atomic E-state index is 0.0459. The number of fused-ring (bicyclic) bond motifs is 1. The molecule has 0 unspecified atom stereocenters. The molecule has 29 heavy (non-hydrogen) atoms. The first-order chi connectivity index (χ1) is 13.9. The number of nitrogens with two attached hydrogens (primary N) is 1. The Labute approximate surface area is 169 Å². The molecule has 0 aliphatic heterocycles. The lowest BCUT2D eigenvalue weighted by atomic mass is 10.1. The van der Waals surface area contributed by atoms with E-state index in [0.717, 1.165) is 11.3 Å². The molecule has 10 heteroatoms. The third kappa shape index (κ3) is 4.32. The predicted octanol–water partition coefficient (Wildman–Crippen LogP) is 1.76. The maximum atomic E-state index is 12.6. The van der Waals surface area contributed by atoms with Gasteiger partial charge in [-0.1, -0.05) is 25.1 Å². The number of thiophene rings is 1. The Morgan fingerprint density at radius 2 is 1.93 bits per heavy atom. The van der Waals surface area contributed by atoms with Crippen molar-refractivity contribution < 1.29 is 19.1 Å². The Bertz CT molecular complexity index is 1150. The number of hydrogen-bond donors (Lipinski definition) is 2. The first-order valence-corrected chi connectivity index (χ1v) is 9.64. The smallest absolute Gasteiger partial charge is 0.359 e. The van der Waals surface area contributed by atoms with Crippen molar-refractivity contribution in [3.63, 3.8) is 0 Å². The van der Waals surface area contributed by atoms with Crippen LogP contribution in [0.25, 0.3) is 10.8 Å². The normalized spacial score (nSPS) is 10.7. The highest BCUT2D eigenvalue weighted by atomic mass is 32.1. The number of ether oxygens (including phenoxy) is 1. The number of amides is 2. The average molecular weight is 414 g/mol. The molecule has 0 saturated carbocycles. The van der Waals surface area contributed by atoms with Crippen LogP contribution in [0.4, 0.5) is 5.00 Å². The molecule has 0 radical (unpaired) electrons. The van der Waals surface area contributed by atoms with Crippen LogP contribution in [-0.4, -0.2) is 34.2 Å². The van der Waals surface area contributed by atoms with Crippen LogP contribution in [0.2, 0.25) is 0 Å². The SMILES string of the molecule is CCCn1nc(C(=O)OCC(=O)Nc2sccc2C(N)=O)c2ccccc2c1=O. The third-order valence-electron chi connectivity index (χ3n) is 4.01. The largest absolute Gasteiger partial charge is 0.451 e. The quantitative estimate of drug-likeness (QED) is 0.566. The average Bonchev–Trinajstić information content (AvgIpc) is 3.17. The molecule has 3 rings (SSSR count). The number of nitrogens with zero attached hydrogens (tertiary/aromatic N) is 2.